The molecule has 0 spiro atoms. The van der Waals surface area contributed by atoms with Crippen molar-refractivity contribution in [3.05, 3.63) is 54.6 Å². The van der Waals surface area contributed by atoms with Crippen LogP contribution in [0.4, 0.5) is 15.8 Å². The molecule has 1 aromatic carbocycles. The van der Waals surface area contributed by atoms with Gasteiger partial charge in [-0.2, -0.15) is 0 Å². The smallest absolute Gasteiger partial charge is 0.125 e. The van der Waals surface area contributed by atoms with Crippen LogP contribution in [-0.2, 0) is 0 Å². The van der Waals surface area contributed by atoms with Gasteiger partial charge in [-0.1, -0.05) is 6.07 Å². The van der Waals surface area contributed by atoms with Crippen LogP contribution in [0.2, 0.25) is 0 Å². The molecule has 3 nitrogen and oxygen atoms in total. The van der Waals surface area contributed by atoms with Crippen molar-refractivity contribution in [3.8, 4) is 0 Å². The maximum absolute atomic E-state index is 13.4. The average Bonchev–Trinajstić information content (AvgIpc) is 2.99. The van der Waals surface area contributed by atoms with Gasteiger partial charge in [-0.05, 0) is 48.6 Å². The van der Waals surface area contributed by atoms with E-state index in [1.807, 2.05) is 24.5 Å². The van der Waals surface area contributed by atoms with Crippen LogP contribution in [-0.4, -0.2) is 31.2 Å². The van der Waals surface area contributed by atoms with E-state index in [9.17, 15) is 4.39 Å². The van der Waals surface area contributed by atoms with E-state index >= 15 is 0 Å². The van der Waals surface area contributed by atoms with Gasteiger partial charge < -0.3 is 9.80 Å². The van der Waals surface area contributed by atoms with Gasteiger partial charge in [0.2, 0.25) is 0 Å². The van der Waals surface area contributed by atoms with Gasteiger partial charge in [-0.25, -0.2) is 4.39 Å². The number of nitrogens with zero attached hydrogens (tertiary/aromatic N) is 3. The Kier molecular flexibility index (Phi) is 3.45. The predicted molar refractivity (Wildman–Crippen MR) is 86.7 cm³/mol. The molecular formula is C18H20FN3. The van der Waals surface area contributed by atoms with Gasteiger partial charge in [-0.3, -0.25) is 4.98 Å². The molecule has 4 heteroatoms. The first-order valence-electron chi connectivity index (χ1n) is 7.95. The molecular weight excluding hydrogens is 277 g/mol. The molecule has 0 aliphatic carbocycles. The molecule has 2 aliphatic rings. The minimum absolute atomic E-state index is 0.149. The fraction of sp³-hybridized carbons (Fsp3) is 0.389. The third kappa shape index (κ3) is 2.54. The van der Waals surface area contributed by atoms with E-state index in [-0.39, 0.29) is 5.82 Å². The Morgan fingerprint density at radius 2 is 1.77 bits per heavy atom. The Labute approximate surface area is 130 Å². The fourth-order valence-corrected chi connectivity index (χ4v) is 3.83. The normalized spacial score (nSPS) is 24.4. The second kappa shape index (κ2) is 5.59. The van der Waals surface area contributed by atoms with Crippen molar-refractivity contribution in [2.75, 3.05) is 36.0 Å². The van der Waals surface area contributed by atoms with Crippen molar-refractivity contribution in [1.82, 2.24) is 4.98 Å². The molecule has 0 unspecified atom stereocenters. The summed E-state index contributed by atoms with van der Waals surface area (Å²) in [4.78, 5) is 9.00. The van der Waals surface area contributed by atoms with Gasteiger partial charge in [0, 0.05) is 38.1 Å². The van der Waals surface area contributed by atoms with Gasteiger partial charge in [0.15, 0.2) is 0 Å². The van der Waals surface area contributed by atoms with Gasteiger partial charge in [0.1, 0.15) is 5.82 Å². The molecule has 2 atom stereocenters. The third-order valence-electron chi connectivity index (χ3n) is 4.99. The van der Waals surface area contributed by atoms with Crippen molar-refractivity contribution >= 4 is 11.4 Å². The van der Waals surface area contributed by atoms with Crippen LogP contribution in [0.15, 0.2) is 48.8 Å². The third-order valence-corrected chi connectivity index (χ3v) is 4.99. The molecule has 4 rings (SSSR count). The summed E-state index contributed by atoms with van der Waals surface area (Å²) in [7, 11) is 0. The fourth-order valence-electron chi connectivity index (χ4n) is 3.83. The number of aromatic nitrogens is 1. The van der Waals surface area contributed by atoms with Crippen molar-refractivity contribution in [1.29, 1.82) is 0 Å². The van der Waals surface area contributed by atoms with Crippen LogP contribution in [0.25, 0.3) is 0 Å². The summed E-state index contributed by atoms with van der Waals surface area (Å²) < 4.78 is 13.4. The molecule has 0 bridgehead atoms. The maximum atomic E-state index is 13.4. The van der Waals surface area contributed by atoms with Crippen molar-refractivity contribution in [2.24, 2.45) is 11.8 Å². The zero-order valence-electron chi connectivity index (χ0n) is 12.5. The lowest BCUT2D eigenvalue weighted by atomic mass is 9.88. The van der Waals surface area contributed by atoms with Crippen molar-refractivity contribution in [2.45, 2.75) is 6.42 Å². The number of hydrogen-bond donors (Lipinski definition) is 0. The largest absolute Gasteiger partial charge is 0.371 e. The topological polar surface area (TPSA) is 19.4 Å². The van der Waals surface area contributed by atoms with E-state index in [2.05, 4.69) is 20.9 Å². The molecule has 0 saturated carbocycles. The van der Waals surface area contributed by atoms with Crippen LogP contribution < -0.4 is 9.80 Å². The van der Waals surface area contributed by atoms with Crippen LogP contribution in [0.5, 0.6) is 0 Å². The molecule has 114 valence electrons. The van der Waals surface area contributed by atoms with E-state index in [1.54, 1.807) is 12.1 Å². The molecule has 3 heterocycles. The number of benzene rings is 1. The summed E-state index contributed by atoms with van der Waals surface area (Å²) in [6.07, 6.45) is 4.96. The monoisotopic (exact) mass is 297 g/mol. The molecule has 2 aromatic rings. The summed E-state index contributed by atoms with van der Waals surface area (Å²) in [6.45, 7) is 4.23. The number of anilines is 2. The molecule has 0 amide bonds. The Balaban J connectivity index is 1.48. The van der Waals surface area contributed by atoms with Crippen LogP contribution in [0.3, 0.4) is 0 Å². The van der Waals surface area contributed by atoms with Gasteiger partial charge in [-0.15, -0.1) is 0 Å². The number of rotatable bonds is 2. The van der Waals surface area contributed by atoms with Crippen LogP contribution >= 0.6 is 0 Å². The molecule has 2 aliphatic heterocycles. The summed E-state index contributed by atoms with van der Waals surface area (Å²) >= 11 is 0. The Morgan fingerprint density at radius 3 is 2.59 bits per heavy atom. The number of piperidine rings is 1. The number of fused-ring (bicyclic) bond motifs is 1. The standard InChI is InChI=1S/C18H20FN3/c19-16-3-1-4-17(9-16)22-11-14-6-8-21(12-15(14)13-22)18-5-2-7-20-10-18/h1-5,7,9-10,14-15H,6,8,11-13H2/t14-,15+/m1/s1. The van der Waals surface area contributed by atoms with Crippen molar-refractivity contribution in [3.63, 3.8) is 0 Å². The highest BCUT2D eigenvalue weighted by Gasteiger charge is 2.37. The molecule has 0 N–H and O–H groups in total. The molecule has 1 aromatic heterocycles. The first-order valence-corrected chi connectivity index (χ1v) is 7.95. The lowest BCUT2D eigenvalue weighted by Gasteiger charge is -2.35. The van der Waals surface area contributed by atoms with E-state index in [0.29, 0.717) is 5.92 Å². The second-order valence-corrected chi connectivity index (χ2v) is 6.35. The van der Waals surface area contributed by atoms with Crippen LogP contribution in [0.1, 0.15) is 6.42 Å². The highest BCUT2D eigenvalue weighted by atomic mass is 19.1. The van der Waals surface area contributed by atoms with Crippen molar-refractivity contribution < 1.29 is 4.39 Å². The van der Waals surface area contributed by atoms with Crippen LogP contribution in [0, 0.1) is 17.7 Å². The first kappa shape index (κ1) is 13.6. The van der Waals surface area contributed by atoms with Gasteiger partial charge in [0.25, 0.3) is 0 Å². The summed E-state index contributed by atoms with van der Waals surface area (Å²) in [5.41, 5.74) is 2.23. The summed E-state index contributed by atoms with van der Waals surface area (Å²) in [5.74, 6) is 1.22. The lowest BCUT2D eigenvalue weighted by molar-refractivity contribution is 0.349. The maximum Gasteiger partial charge on any atom is 0.125 e. The molecule has 2 saturated heterocycles. The zero-order chi connectivity index (χ0) is 14.9. The first-order chi connectivity index (χ1) is 10.8. The van der Waals surface area contributed by atoms with E-state index in [0.717, 1.165) is 37.8 Å². The average molecular weight is 297 g/mol. The zero-order valence-corrected chi connectivity index (χ0v) is 12.5. The summed E-state index contributed by atoms with van der Waals surface area (Å²) in [6, 6.07) is 11.1. The highest BCUT2D eigenvalue weighted by molar-refractivity contribution is 5.49. The van der Waals surface area contributed by atoms with Gasteiger partial charge in [0.05, 0.1) is 11.9 Å². The highest BCUT2D eigenvalue weighted by Crippen LogP contribution is 2.35. The number of pyridine rings is 1. The lowest BCUT2D eigenvalue weighted by Crippen LogP contribution is -2.40. The quantitative estimate of drug-likeness (QED) is 0.848. The van der Waals surface area contributed by atoms with E-state index < -0.39 is 0 Å². The van der Waals surface area contributed by atoms with E-state index in [1.165, 1.54) is 18.2 Å². The minimum Gasteiger partial charge on any atom is -0.371 e. The Bertz CT molecular complexity index is 646. The predicted octanol–water partition coefficient (Wildman–Crippen LogP) is 3.18. The van der Waals surface area contributed by atoms with Gasteiger partial charge >= 0.3 is 0 Å². The molecule has 2 fully saturated rings. The SMILES string of the molecule is Fc1cccc(N2C[C@H]3CCN(c4cccnc4)C[C@H]3C2)c1. The Hall–Kier alpha value is -2.10. The number of halogens is 1. The second-order valence-electron chi connectivity index (χ2n) is 6.35. The molecule has 22 heavy (non-hydrogen) atoms. The summed E-state index contributed by atoms with van der Waals surface area (Å²) in [5, 5.41) is 0. The van der Waals surface area contributed by atoms with E-state index in [4.69, 9.17) is 0 Å². The minimum atomic E-state index is -0.149. The Morgan fingerprint density at radius 1 is 0.955 bits per heavy atom. The number of hydrogen-bond acceptors (Lipinski definition) is 3. The molecule has 0 radical (unpaired) electrons.